The summed E-state index contributed by atoms with van der Waals surface area (Å²) in [5.74, 6) is -1.42. The topological polar surface area (TPSA) is 206 Å². The minimum Gasteiger partial charge on any atom is -0.508 e. The van der Waals surface area contributed by atoms with Crippen molar-refractivity contribution in [2.45, 2.75) is 30.7 Å². The molecule has 6 N–H and O–H groups in total. The average molecular weight is 609 g/mol. The molecular weight excluding hydrogens is 580 g/mol. The van der Waals surface area contributed by atoms with Crippen LogP contribution in [0.3, 0.4) is 0 Å². The summed E-state index contributed by atoms with van der Waals surface area (Å²) in [6.07, 6.45) is -5.48. The lowest BCUT2D eigenvalue weighted by Crippen LogP contribution is -2.61. The van der Waals surface area contributed by atoms with Crippen molar-refractivity contribution in [1.82, 2.24) is 0 Å². The number of rotatable bonds is 8. The molecule has 0 aliphatic carbocycles. The second-order valence-corrected chi connectivity index (χ2v) is 9.83. The van der Waals surface area contributed by atoms with Crippen molar-refractivity contribution in [2.75, 3.05) is 13.7 Å². The number of phenolic OH excluding ortho intramolecular Hbond substituents is 3. The fraction of sp³-hybridized carbons (Fsp3) is 0.226. The Hall–Kier alpha value is -5.08. The summed E-state index contributed by atoms with van der Waals surface area (Å²) in [6.45, 7) is -0.720. The molecule has 0 amide bonds. The van der Waals surface area contributed by atoms with Crippen LogP contribution in [0.15, 0.2) is 76.0 Å². The minimum atomic E-state index is -1.76. The Morgan fingerprint density at radius 2 is 1.70 bits per heavy atom. The lowest BCUT2D eigenvalue weighted by atomic mass is 9.99. The van der Waals surface area contributed by atoms with Gasteiger partial charge in [0.1, 0.15) is 46.2 Å². The first-order valence-electron chi connectivity index (χ1n) is 13.2. The number of carbonyl (C=O) groups excluding carboxylic acids is 1. The summed E-state index contributed by atoms with van der Waals surface area (Å²) in [6, 6.07) is 13.7. The van der Waals surface area contributed by atoms with Crippen LogP contribution in [0.1, 0.15) is 5.56 Å². The zero-order chi connectivity index (χ0) is 31.5. The van der Waals surface area contributed by atoms with Gasteiger partial charge in [0.2, 0.25) is 6.29 Å². The highest BCUT2D eigenvalue weighted by Gasteiger charge is 2.47. The molecule has 1 saturated heterocycles. The first-order valence-corrected chi connectivity index (χ1v) is 13.2. The maximum atomic E-state index is 12.9. The van der Waals surface area contributed by atoms with E-state index in [1.165, 1.54) is 49.6 Å². The number of ether oxygens (including phenoxy) is 4. The van der Waals surface area contributed by atoms with Crippen molar-refractivity contribution in [1.29, 1.82) is 0 Å². The molecule has 2 heterocycles. The van der Waals surface area contributed by atoms with Crippen LogP contribution in [-0.2, 0) is 14.3 Å². The SMILES string of the molecule is COc1cc(-c2cc(=O)c3c(O)cc(O[C@@H]4O[C@H](CO)[C@@H](O)[C@H](OC(=O)/C=C\c5ccc(O)cc5)[C@H]4O)cc3o2)ccc1O. The molecule has 4 aromatic rings. The van der Waals surface area contributed by atoms with E-state index in [1.54, 1.807) is 12.1 Å². The van der Waals surface area contributed by atoms with Crippen LogP contribution >= 0.6 is 0 Å². The summed E-state index contributed by atoms with van der Waals surface area (Å²) < 4.78 is 27.5. The predicted octanol–water partition coefficient (Wildman–Crippen LogP) is 2.03. The predicted molar refractivity (Wildman–Crippen MR) is 153 cm³/mol. The summed E-state index contributed by atoms with van der Waals surface area (Å²) in [7, 11) is 1.36. The molecule has 1 aromatic heterocycles. The van der Waals surface area contributed by atoms with E-state index in [-0.39, 0.29) is 39.7 Å². The van der Waals surface area contributed by atoms with E-state index in [4.69, 9.17) is 23.4 Å². The van der Waals surface area contributed by atoms with E-state index < -0.39 is 54.5 Å². The van der Waals surface area contributed by atoms with E-state index in [1.807, 2.05) is 0 Å². The number of benzene rings is 3. The first kappa shape index (κ1) is 30.4. The van der Waals surface area contributed by atoms with Gasteiger partial charge in [-0.15, -0.1) is 0 Å². The number of aliphatic hydroxyl groups excluding tert-OH is 3. The second-order valence-electron chi connectivity index (χ2n) is 9.83. The molecule has 0 bridgehead atoms. The maximum absolute atomic E-state index is 12.9. The highest BCUT2D eigenvalue weighted by molar-refractivity contribution is 5.87. The molecule has 230 valence electrons. The van der Waals surface area contributed by atoms with E-state index in [0.717, 1.165) is 18.2 Å². The fourth-order valence-corrected chi connectivity index (χ4v) is 4.63. The number of esters is 1. The van der Waals surface area contributed by atoms with Gasteiger partial charge in [0.25, 0.3) is 0 Å². The summed E-state index contributed by atoms with van der Waals surface area (Å²) in [5.41, 5.74) is 0.278. The maximum Gasteiger partial charge on any atom is 0.331 e. The minimum absolute atomic E-state index is 0.0413. The van der Waals surface area contributed by atoms with Crippen LogP contribution < -0.4 is 14.9 Å². The number of fused-ring (bicyclic) bond motifs is 1. The second kappa shape index (κ2) is 12.7. The molecule has 5 atom stereocenters. The van der Waals surface area contributed by atoms with Crippen LogP contribution in [0.4, 0.5) is 0 Å². The molecule has 1 fully saturated rings. The van der Waals surface area contributed by atoms with E-state index in [9.17, 15) is 40.2 Å². The van der Waals surface area contributed by atoms with Crippen LogP contribution in [0.25, 0.3) is 28.4 Å². The number of methoxy groups -OCH3 is 1. The fourth-order valence-electron chi connectivity index (χ4n) is 4.63. The molecule has 5 rings (SSSR count). The van der Waals surface area contributed by atoms with E-state index in [2.05, 4.69) is 0 Å². The standard InChI is InChI=1S/C31H28O13/c1-40-23-10-16(5-8-19(23)34)22-13-21(36)27-20(35)11-18(12-24(27)42-22)41-31-29(39)30(28(38)25(14-32)43-31)44-26(37)9-4-15-2-6-17(33)7-3-15/h2-13,25,28-35,38-39H,14H2,1H3/b9-4-/t25-,28-,29-,30+,31-/m1/s1. The summed E-state index contributed by atoms with van der Waals surface area (Å²) >= 11 is 0. The quantitative estimate of drug-likeness (QED) is 0.125. The highest BCUT2D eigenvalue weighted by Crippen LogP contribution is 2.35. The van der Waals surface area contributed by atoms with Crippen LogP contribution in [0.5, 0.6) is 28.7 Å². The largest absolute Gasteiger partial charge is 0.508 e. The monoisotopic (exact) mass is 608 g/mol. The third-order valence-corrected chi connectivity index (χ3v) is 6.88. The van der Waals surface area contributed by atoms with Gasteiger partial charge >= 0.3 is 5.97 Å². The zero-order valence-electron chi connectivity index (χ0n) is 23.1. The summed E-state index contributed by atoms with van der Waals surface area (Å²) in [4.78, 5) is 25.4. The van der Waals surface area contributed by atoms with Crippen molar-refractivity contribution >= 4 is 23.0 Å². The van der Waals surface area contributed by atoms with Gasteiger partial charge in [-0.2, -0.15) is 0 Å². The van der Waals surface area contributed by atoms with Gasteiger partial charge < -0.3 is 54.0 Å². The number of hydrogen-bond acceptors (Lipinski definition) is 13. The van der Waals surface area contributed by atoms with E-state index in [0.29, 0.717) is 11.1 Å². The molecule has 1 aliphatic rings. The van der Waals surface area contributed by atoms with Gasteiger partial charge in [0.15, 0.2) is 29.1 Å². The van der Waals surface area contributed by atoms with Crippen LogP contribution in [-0.4, -0.2) is 81.0 Å². The molecular formula is C31H28O13. The molecule has 0 radical (unpaired) electrons. The lowest BCUT2D eigenvalue weighted by Gasteiger charge is -2.41. The average Bonchev–Trinajstić information content (AvgIpc) is 3.00. The normalized spacial score (nSPS) is 21.8. The third kappa shape index (κ3) is 6.31. The lowest BCUT2D eigenvalue weighted by molar-refractivity contribution is -0.280. The molecule has 13 nitrogen and oxygen atoms in total. The van der Waals surface area contributed by atoms with Gasteiger partial charge in [-0.3, -0.25) is 4.79 Å². The van der Waals surface area contributed by atoms with Crippen molar-refractivity contribution in [3.05, 3.63) is 82.5 Å². The number of carbonyl (C=O) groups is 1. The molecule has 0 saturated carbocycles. The van der Waals surface area contributed by atoms with Gasteiger partial charge in [0, 0.05) is 29.8 Å². The zero-order valence-corrected chi connectivity index (χ0v) is 23.1. The third-order valence-electron chi connectivity index (χ3n) is 6.88. The number of aromatic hydroxyl groups is 3. The molecule has 13 heteroatoms. The molecule has 1 aliphatic heterocycles. The summed E-state index contributed by atoms with van der Waals surface area (Å²) in [5, 5.41) is 61.1. The first-order chi connectivity index (χ1) is 21.1. The Kier molecular flexibility index (Phi) is 8.73. The number of aliphatic hydroxyl groups is 3. The van der Waals surface area contributed by atoms with Gasteiger partial charge in [-0.05, 0) is 42.0 Å². The van der Waals surface area contributed by atoms with E-state index >= 15 is 0 Å². The molecule has 3 aromatic carbocycles. The number of hydrogen-bond donors (Lipinski definition) is 6. The van der Waals surface area contributed by atoms with Crippen molar-refractivity contribution in [3.8, 4) is 40.1 Å². The Morgan fingerprint density at radius 1 is 0.955 bits per heavy atom. The van der Waals surface area contributed by atoms with Crippen molar-refractivity contribution in [2.24, 2.45) is 0 Å². The Labute approximate surface area is 249 Å². The Morgan fingerprint density at radius 3 is 2.41 bits per heavy atom. The van der Waals surface area contributed by atoms with Crippen LogP contribution in [0, 0.1) is 0 Å². The molecule has 44 heavy (non-hydrogen) atoms. The smallest absolute Gasteiger partial charge is 0.331 e. The van der Waals surface area contributed by atoms with Gasteiger partial charge in [0.05, 0.1) is 13.7 Å². The Balaban J connectivity index is 1.40. The number of phenols is 3. The van der Waals surface area contributed by atoms with Crippen molar-refractivity contribution in [3.63, 3.8) is 0 Å². The Bertz CT molecular complexity index is 1740. The van der Waals surface area contributed by atoms with Crippen molar-refractivity contribution < 1.29 is 58.8 Å². The highest BCUT2D eigenvalue weighted by atomic mass is 16.7. The molecule has 0 unspecified atom stereocenters. The molecule has 0 spiro atoms. The van der Waals surface area contributed by atoms with Gasteiger partial charge in [-0.1, -0.05) is 12.1 Å². The van der Waals surface area contributed by atoms with Gasteiger partial charge in [-0.25, -0.2) is 4.79 Å². The van der Waals surface area contributed by atoms with Crippen LogP contribution in [0.2, 0.25) is 0 Å².